The predicted octanol–water partition coefficient (Wildman–Crippen LogP) is 1.86. The molecule has 0 spiro atoms. The van der Waals surface area contributed by atoms with Gasteiger partial charge in [0.05, 0.1) is 0 Å². The van der Waals surface area contributed by atoms with Crippen LogP contribution in [0.5, 0.6) is 0 Å². The van der Waals surface area contributed by atoms with Crippen molar-refractivity contribution < 1.29 is 0 Å². The molecule has 0 amide bonds. The van der Waals surface area contributed by atoms with Crippen LogP contribution < -0.4 is 11.1 Å². The smallest absolute Gasteiger partial charge is 0.0404 e. The van der Waals surface area contributed by atoms with Crippen LogP contribution in [-0.2, 0) is 0 Å². The lowest BCUT2D eigenvalue weighted by Crippen LogP contribution is -2.34. The molecule has 3 N–H and O–H groups in total. The molecule has 0 bridgehead atoms. The average molecular weight is 182 g/mol. The van der Waals surface area contributed by atoms with E-state index in [1.807, 2.05) is 13.1 Å². The number of likely N-dealkylation sites (N-methyl/N-ethyl adjacent to an activating group) is 1. The summed E-state index contributed by atoms with van der Waals surface area (Å²) >= 11 is 0. The van der Waals surface area contributed by atoms with E-state index in [4.69, 9.17) is 5.73 Å². The Morgan fingerprint density at radius 1 is 1.54 bits per heavy atom. The fourth-order valence-corrected chi connectivity index (χ4v) is 1.09. The van der Waals surface area contributed by atoms with Crippen LogP contribution in [0, 0.1) is 0 Å². The van der Waals surface area contributed by atoms with Gasteiger partial charge in [-0.15, -0.1) is 13.2 Å². The number of nitrogens with two attached hydrogens (primary N) is 1. The minimum Gasteiger partial charge on any atom is -0.329 e. The Morgan fingerprint density at radius 2 is 2.08 bits per heavy atom. The molecule has 2 nitrogen and oxygen atoms in total. The first-order chi connectivity index (χ1) is 6.29. The standard InChI is InChI=1S/C9H18N2.C2H4/c1-4-6-8(5-2)9(7-10)11-3;1-2/h4,6,9,11H,1,5,7,10H2,2-3H3;1-2H2/b8-6+;. The minimum absolute atomic E-state index is 0.304. The van der Waals surface area contributed by atoms with Crippen molar-refractivity contribution in [2.24, 2.45) is 5.73 Å². The van der Waals surface area contributed by atoms with Crippen molar-refractivity contribution in [2.45, 2.75) is 19.4 Å². The van der Waals surface area contributed by atoms with E-state index in [0.717, 1.165) is 6.42 Å². The van der Waals surface area contributed by atoms with E-state index in [2.05, 4.69) is 32.0 Å². The Morgan fingerprint density at radius 3 is 2.31 bits per heavy atom. The molecule has 1 atom stereocenters. The summed E-state index contributed by atoms with van der Waals surface area (Å²) in [6.45, 7) is 12.4. The maximum Gasteiger partial charge on any atom is 0.0404 e. The summed E-state index contributed by atoms with van der Waals surface area (Å²) in [5.41, 5.74) is 6.86. The van der Waals surface area contributed by atoms with Gasteiger partial charge < -0.3 is 11.1 Å². The van der Waals surface area contributed by atoms with Gasteiger partial charge in [-0.3, -0.25) is 0 Å². The van der Waals surface area contributed by atoms with Gasteiger partial charge in [-0.25, -0.2) is 0 Å². The highest BCUT2D eigenvalue weighted by molar-refractivity contribution is 5.16. The van der Waals surface area contributed by atoms with Crippen molar-refractivity contribution in [1.29, 1.82) is 0 Å². The fourth-order valence-electron chi connectivity index (χ4n) is 1.09. The lowest BCUT2D eigenvalue weighted by molar-refractivity contribution is 0.628. The zero-order valence-electron chi connectivity index (χ0n) is 8.84. The predicted molar refractivity (Wildman–Crippen MR) is 61.7 cm³/mol. The van der Waals surface area contributed by atoms with Gasteiger partial charge in [0.1, 0.15) is 0 Å². The Bertz CT molecular complexity index is 146. The molecule has 0 aromatic carbocycles. The molecule has 0 rings (SSSR count). The number of allylic oxidation sites excluding steroid dienone is 2. The number of hydrogen-bond donors (Lipinski definition) is 2. The third kappa shape index (κ3) is 6.31. The monoisotopic (exact) mass is 182 g/mol. The molecule has 0 aliphatic rings. The van der Waals surface area contributed by atoms with Crippen molar-refractivity contribution in [3.63, 3.8) is 0 Å². The third-order valence-corrected chi connectivity index (χ3v) is 1.77. The van der Waals surface area contributed by atoms with Gasteiger partial charge in [0.25, 0.3) is 0 Å². The SMILES string of the molecule is C=C.C=C/C=C(\CC)C(CN)NC. The van der Waals surface area contributed by atoms with Gasteiger partial charge >= 0.3 is 0 Å². The molecule has 0 radical (unpaired) electrons. The van der Waals surface area contributed by atoms with Crippen molar-refractivity contribution in [3.8, 4) is 0 Å². The maximum atomic E-state index is 5.55. The summed E-state index contributed by atoms with van der Waals surface area (Å²) in [6, 6.07) is 0.304. The first-order valence-electron chi connectivity index (χ1n) is 4.48. The second-order valence-electron chi connectivity index (χ2n) is 2.41. The summed E-state index contributed by atoms with van der Waals surface area (Å²) in [4.78, 5) is 0. The lowest BCUT2D eigenvalue weighted by atomic mass is 10.0. The fraction of sp³-hybridized carbons (Fsp3) is 0.455. The number of nitrogens with one attached hydrogen (secondary N) is 1. The normalized spacial score (nSPS) is 12.7. The van der Waals surface area contributed by atoms with Crippen molar-refractivity contribution in [3.05, 3.63) is 37.5 Å². The van der Waals surface area contributed by atoms with E-state index < -0.39 is 0 Å². The van der Waals surface area contributed by atoms with E-state index in [1.54, 1.807) is 6.08 Å². The molecule has 0 saturated carbocycles. The molecule has 0 aliphatic carbocycles. The van der Waals surface area contributed by atoms with Gasteiger partial charge in [0.2, 0.25) is 0 Å². The van der Waals surface area contributed by atoms with E-state index in [1.165, 1.54) is 5.57 Å². The molecule has 1 unspecified atom stereocenters. The number of hydrogen-bond acceptors (Lipinski definition) is 2. The quantitative estimate of drug-likeness (QED) is 0.503. The molecule has 0 aliphatic heterocycles. The molecule has 0 aromatic heterocycles. The molecule has 0 fully saturated rings. The Balaban J connectivity index is 0. The van der Waals surface area contributed by atoms with Crippen LogP contribution in [-0.4, -0.2) is 19.6 Å². The van der Waals surface area contributed by atoms with Gasteiger partial charge in [-0.05, 0) is 13.5 Å². The maximum absolute atomic E-state index is 5.55. The second-order valence-corrected chi connectivity index (χ2v) is 2.41. The number of rotatable bonds is 5. The van der Waals surface area contributed by atoms with Crippen LogP contribution >= 0.6 is 0 Å². The van der Waals surface area contributed by atoms with Gasteiger partial charge in [-0.1, -0.05) is 31.2 Å². The molecule has 13 heavy (non-hydrogen) atoms. The summed E-state index contributed by atoms with van der Waals surface area (Å²) < 4.78 is 0. The zero-order valence-corrected chi connectivity index (χ0v) is 8.84. The van der Waals surface area contributed by atoms with E-state index >= 15 is 0 Å². The van der Waals surface area contributed by atoms with Gasteiger partial charge in [0.15, 0.2) is 0 Å². The van der Waals surface area contributed by atoms with E-state index in [0.29, 0.717) is 12.6 Å². The first kappa shape index (κ1) is 14.7. The lowest BCUT2D eigenvalue weighted by Gasteiger charge is -2.15. The first-order valence-corrected chi connectivity index (χ1v) is 4.48. The van der Waals surface area contributed by atoms with Gasteiger partial charge in [-0.2, -0.15) is 0 Å². The molecule has 0 heterocycles. The van der Waals surface area contributed by atoms with Crippen LogP contribution in [0.3, 0.4) is 0 Å². The van der Waals surface area contributed by atoms with Gasteiger partial charge in [0, 0.05) is 12.6 Å². The largest absolute Gasteiger partial charge is 0.329 e. The second kappa shape index (κ2) is 11.1. The molecular weight excluding hydrogens is 160 g/mol. The highest BCUT2D eigenvalue weighted by Gasteiger charge is 2.05. The van der Waals surface area contributed by atoms with Crippen LogP contribution in [0.2, 0.25) is 0 Å². The van der Waals surface area contributed by atoms with Crippen molar-refractivity contribution in [1.82, 2.24) is 5.32 Å². The van der Waals surface area contributed by atoms with Crippen LogP contribution in [0.1, 0.15) is 13.3 Å². The van der Waals surface area contributed by atoms with Crippen molar-refractivity contribution in [2.75, 3.05) is 13.6 Å². The summed E-state index contributed by atoms with van der Waals surface area (Å²) in [6.07, 6.45) is 4.85. The van der Waals surface area contributed by atoms with Crippen LogP contribution in [0.25, 0.3) is 0 Å². The van der Waals surface area contributed by atoms with E-state index in [-0.39, 0.29) is 0 Å². The minimum atomic E-state index is 0.304. The molecular formula is C11H22N2. The van der Waals surface area contributed by atoms with Crippen molar-refractivity contribution >= 4 is 0 Å². The molecule has 76 valence electrons. The topological polar surface area (TPSA) is 38.0 Å². The summed E-state index contributed by atoms with van der Waals surface area (Å²) in [5.74, 6) is 0. The Hall–Kier alpha value is -0.860. The molecule has 2 heteroatoms. The Labute approximate surface area is 82.2 Å². The zero-order chi connectivity index (χ0) is 10.7. The molecule has 0 aromatic rings. The highest BCUT2D eigenvalue weighted by atomic mass is 14.9. The summed E-state index contributed by atoms with van der Waals surface area (Å²) in [5, 5.41) is 3.15. The molecule has 0 saturated heterocycles. The van der Waals surface area contributed by atoms with Crippen LogP contribution in [0.15, 0.2) is 37.5 Å². The average Bonchev–Trinajstić information content (AvgIpc) is 2.21. The van der Waals surface area contributed by atoms with Crippen LogP contribution in [0.4, 0.5) is 0 Å². The van der Waals surface area contributed by atoms with E-state index in [9.17, 15) is 0 Å². The highest BCUT2D eigenvalue weighted by Crippen LogP contribution is 2.05. The summed E-state index contributed by atoms with van der Waals surface area (Å²) in [7, 11) is 1.92. The third-order valence-electron chi connectivity index (χ3n) is 1.77. The Kier molecular flexibility index (Phi) is 12.6.